The Balaban J connectivity index is 0.000000221. The quantitative estimate of drug-likeness (QED) is 0.493. The Kier molecular flexibility index (Phi) is 8.24. The van der Waals surface area contributed by atoms with E-state index in [2.05, 4.69) is 5.10 Å². The molecule has 0 aliphatic rings. The second kappa shape index (κ2) is 10.5. The Hall–Kier alpha value is -2.84. The molecule has 0 saturated heterocycles. The van der Waals surface area contributed by atoms with Gasteiger partial charge in [-0.25, -0.2) is 9.48 Å². The minimum Gasteiger partial charge on any atom is -0.478 e. The predicted molar refractivity (Wildman–Crippen MR) is 114 cm³/mol. The summed E-state index contributed by atoms with van der Waals surface area (Å²) in [6, 6.07) is 11.9. The summed E-state index contributed by atoms with van der Waals surface area (Å²) in [4.78, 5) is 10.8. The normalized spacial score (nSPS) is 12.1. The van der Waals surface area contributed by atoms with Crippen molar-refractivity contribution >= 4 is 17.6 Å². The van der Waals surface area contributed by atoms with Crippen LogP contribution in [0, 0.1) is 6.92 Å². The molecule has 0 bridgehead atoms. The summed E-state index contributed by atoms with van der Waals surface area (Å²) < 4.78 is 38.7. The second-order valence-corrected chi connectivity index (χ2v) is 7.29. The van der Waals surface area contributed by atoms with Gasteiger partial charge < -0.3 is 10.8 Å². The Morgan fingerprint density at radius 2 is 1.87 bits per heavy atom. The lowest BCUT2D eigenvalue weighted by molar-refractivity contribution is -0.137. The molecule has 0 radical (unpaired) electrons. The third-order valence-electron chi connectivity index (χ3n) is 4.55. The fourth-order valence-corrected chi connectivity index (χ4v) is 3.01. The highest BCUT2D eigenvalue weighted by atomic mass is 35.5. The van der Waals surface area contributed by atoms with Crippen LogP contribution < -0.4 is 5.73 Å². The van der Waals surface area contributed by atoms with Gasteiger partial charge in [0.15, 0.2) is 0 Å². The van der Waals surface area contributed by atoms with E-state index in [0.717, 1.165) is 24.2 Å². The smallest absolute Gasteiger partial charge is 0.416 e. The lowest BCUT2D eigenvalue weighted by Crippen LogP contribution is -2.12. The maximum atomic E-state index is 12.4. The molecule has 0 aliphatic heterocycles. The van der Waals surface area contributed by atoms with Crippen molar-refractivity contribution in [2.24, 2.45) is 5.73 Å². The molecule has 0 fully saturated rings. The number of carboxylic acid groups (broad SMARTS) is 1. The summed E-state index contributed by atoms with van der Waals surface area (Å²) >= 11 is 5.77. The number of rotatable bonds is 5. The van der Waals surface area contributed by atoms with Crippen LogP contribution in [0.2, 0.25) is 5.02 Å². The molecular weight excluding hydrogens is 431 g/mol. The van der Waals surface area contributed by atoms with E-state index in [0.29, 0.717) is 22.7 Å². The first kappa shape index (κ1) is 24.4. The number of hydrogen-bond acceptors (Lipinski definition) is 3. The summed E-state index contributed by atoms with van der Waals surface area (Å²) in [5.41, 5.74) is 7.25. The first-order valence-electron chi connectivity index (χ1n) is 9.51. The van der Waals surface area contributed by atoms with Gasteiger partial charge in [-0.1, -0.05) is 37.1 Å². The summed E-state index contributed by atoms with van der Waals surface area (Å²) in [6.45, 7) is 3.67. The molecule has 5 nitrogen and oxygen atoms in total. The zero-order chi connectivity index (χ0) is 23.2. The molecule has 9 heteroatoms. The van der Waals surface area contributed by atoms with Gasteiger partial charge in [0.05, 0.1) is 23.1 Å². The fraction of sp³-hybridized carbons (Fsp3) is 0.273. The third-order valence-corrected chi connectivity index (χ3v) is 4.81. The summed E-state index contributed by atoms with van der Waals surface area (Å²) in [5.74, 6) is -0.974. The number of nitrogens with zero attached hydrogens (tertiary/aromatic N) is 2. The van der Waals surface area contributed by atoms with Gasteiger partial charge in [0.25, 0.3) is 0 Å². The molecule has 0 unspecified atom stereocenters. The van der Waals surface area contributed by atoms with Crippen LogP contribution in [0.1, 0.15) is 53.0 Å². The van der Waals surface area contributed by atoms with Crippen LogP contribution in [0.4, 0.5) is 13.2 Å². The van der Waals surface area contributed by atoms with Gasteiger partial charge in [-0.05, 0) is 55.3 Å². The molecule has 1 heterocycles. The Labute approximate surface area is 183 Å². The van der Waals surface area contributed by atoms with Crippen LogP contribution in [0.15, 0.2) is 54.7 Å². The number of hydrogen-bond donors (Lipinski definition) is 2. The molecule has 0 saturated carbocycles. The molecule has 2 aromatic carbocycles. The highest BCUT2D eigenvalue weighted by Gasteiger charge is 2.30. The van der Waals surface area contributed by atoms with Gasteiger partial charge in [0, 0.05) is 11.1 Å². The molecule has 3 aromatic rings. The van der Waals surface area contributed by atoms with Crippen molar-refractivity contribution in [3.8, 4) is 5.69 Å². The van der Waals surface area contributed by atoms with Crippen molar-refractivity contribution in [3.63, 3.8) is 0 Å². The molecule has 1 aromatic heterocycles. The minimum absolute atomic E-state index is 0.204. The molecule has 0 aliphatic carbocycles. The summed E-state index contributed by atoms with van der Waals surface area (Å²) in [6.07, 6.45) is -1.40. The average molecular weight is 454 g/mol. The predicted octanol–water partition coefficient (Wildman–Crippen LogP) is 6.04. The van der Waals surface area contributed by atoms with Gasteiger partial charge in [0.2, 0.25) is 0 Å². The number of carboxylic acids is 1. The number of aromatic carboxylic acids is 1. The molecule has 1 atom stereocenters. The number of aromatic nitrogens is 2. The van der Waals surface area contributed by atoms with Gasteiger partial charge in [-0.15, -0.1) is 0 Å². The van der Waals surface area contributed by atoms with E-state index >= 15 is 0 Å². The first-order chi connectivity index (χ1) is 14.5. The summed E-state index contributed by atoms with van der Waals surface area (Å²) in [7, 11) is 0. The van der Waals surface area contributed by atoms with Gasteiger partial charge in [-0.2, -0.15) is 18.3 Å². The standard InChI is InChI=1S/C11H9ClN2O2.C11H14F3N/c1-7-10(11(15)16)6-13-14(7)9-4-2-8(12)3-5-9;1-2-4-10(15)8-5-3-6-9(7-8)11(12,13)14/h2-6H,1H3,(H,15,16);3,5-7,10H,2,4,15H2,1H3/t;10-/m.0/s1. The maximum absolute atomic E-state index is 12.4. The van der Waals surface area contributed by atoms with E-state index in [9.17, 15) is 18.0 Å². The lowest BCUT2D eigenvalue weighted by Gasteiger charge is -2.13. The number of halogens is 4. The molecule has 31 heavy (non-hydrogen) atoms. The summed E-state index contributed by atoms with van der Waals surface area (Å²) in [5, 5.41) is 13.6. The molecule has 3 rings (SSSR count). The lowest BCUT2D eigenvalue weighted by atomic mass is 10.0. The highest BCUT2D eigenvalue weighted by molar-refractivity contribution is 6.30. The number of nitrogens with two attached hydrogens (primary N) is 1. The minimum atomic E-state index is -4.29. The van der Waals surface area contributed by atoms with E-state index < -0.39 is 17.7 Å². The van der Waals surface area contributed by atoms with Crippen LogP contribution >= 0.6 is 11.6 Å². The van der Waals surface area contributed by atoms with Crippen LogP contribution in [0.5, 0.6) is 0 Å². The zero-order valence-corrected chi connectivity index (χ0v) is 17.8. The van der Waals surface area contributed by atoms with E-state index in [1.807, 2.05) is 6.92 Å². The van der Waals surface area contributed by atoms with E-state index in [1.165, 1.54) is 12.3 Å². The van der Waals surface area contributed by atoms with Crippen LogP contribution in [-0.4, -0.2) is 20.9 Å². The van der Waals surface area contributed by atoms with E-state index in [4.69, 9.17) is 22.4 Å². The van der Waals surface area contributed by atoms with Gasteiger partial charge >= 0.3 is 12.1 Å². The SMILES string of the molecule is CCC[C@H](N)c1cccc(C(F)(F)F)c1.Cc1c(C(=O)O)cnn1-c1ccc(Cl)cc1. The Morgan fingerprint density at radius 3 is 2.39 bits per heavy atom. The van der Waals surface area contributed by atoms with Crippen molar-refractivity contribution in [1.82, 2.24) is 9.78 Å². The first-order valence-corrected chi connectivity index (χ1v) is 9.89. The zero-order valence-electron chi connectivity index (χ0n) is 17.0. The molecule has 0 spiro atoms. The van der Waals surface area contributed by atoms with Crippen LogP contribution in [0.3, 0.4) is 0 Å². The Bertz CT molecular complexity index is 1020. The average Bonchev–Trinajstić information content (AvgIpc) is 3.10. The van der Waals surface area contributed by atoms with Crippen LogP contribution in [0.25, 0.3) is 5.69 Å². The third kappa shape index (κ3) is 6.57. The highest BCUT2D eigenvalue weighted by Crippen LogP contribution is 2.31. The van der Waals surface area contributed by atoms with Crippen molar-refractivity contribution in [3.05, 3.63) is 82.1 Å². The van der Waals surface area contributed by atoms with Crippen LogP contribution in [-0.2, 0) is 6.18 Å². The molecular formula is C22H23ClF3N3O2. The monoisotopic (exact) mass is 453 g/mol. The number of alkyl halides is 3. The van der Waals surface area contributed by atoms with E-state index in [-0.39, 0.29) is 11.6 Å². The number of benzene rings is 2. The Morgan fingerprint density at radius 1 is 1.23 bits per heavy atom. The van der Waals surface area contributed by atoms with Gasteiger partial charge in [0.1, 0.15) is 5.56 Å². The largest absolute Gasteiger partial charge is 0.478 e. The van der Waals surface area contributed by atoms with E-state index in [1.54, 1.807) is 41.9 Å². The van der Waals surface area contributed by atoms with Gasteiger partial charge in [-0.3, -0.25) is 0 Å². The molecule has 0 amide bonds. The molecule has 166 valence electrons. The van der Waals surface area contributed by atoms with Crippen molar-refractivity contribution < 1.29 is 23.1 Å². The molecule has 3 N–H and O–H groups in total. The fourth-order valence-electron chi connectivity index (χ4n) is 2.89. The van der Waals surface area contributed by atoms with Crippen molar-refractivity contribution in [2.45, 2.75) is 38.9 Å². The van der Waals surface area contributed by atoms with Crippen molar-refractivity contribution in [1.29, 1.82) is 0 Å². The second-order valence-electron chi connectivity index (χ2n) is 6.86. The number of carbonyl (C=O) groups is 1. The topological polar surface area (TPSA) is 81.1 Å². The van der Waals surface area contributed by atoms with Crippen molar-refractivity contribution in [2.75, 3.05) is 0 Å². The maximum Gasteiger partial charge on any atom is 0.416 e.